The molecule has 0 aliphatic heterocycles. The van der Waals surface area contributed by atoms with E-state index in [1.54, 1.807) is 6.92 Å². The summed E-state index contributed by atoms with van der Waals surface area (Å²) in [5.74, 6) is 0.214. The Balaban J connectivity index is 0.000000770. The monoisotopic (exact) mass is 235 g/mol. The largest absolute Gasteiger partial charge is 0.399 e. The average Bonchev–Trinajstić information content (AvgIpc) is 2.29. The van der Waals surface area contributed by atoms with E-state index in [4.69, 9.17) is 10.5 Å². The third-order valence-electron chi connectivity index (χ3n) is 2.36. The van der Waals surface area contributed by atoms with E-state index in [0.717, 1.165) is 30.4 Å². The third-order valence-corrected chi connectivity index (χ3v) is 2.36. The fourth-order valence-electron chi connectivity index (χ4n) is 1.41. The molecule has 17 heavy (non-hydrogen) atoms. The first-order chi connectivity index (χ1) is 8.04. The lowest BCUT2D eigenvalue weighted by atomic mass is 10.0. The number of Topliss-reactive ketones (excluding diaryl/α,β-unsaturated/α-hetero) is 1. The maximum absolute atomic E-state index is 10.8. The number of benzene rings is 1. The number of nitrogen functional groups attached to an aromatic ring is 1. The number of nitrogens with two attached hydrogens (primary N) is 1. The lowest BCUT2D eigenvalue weighted by molar-refractivity contribution is -0.117. The average molecular weight is 235 g/mol. The molecule has 1 aromatic rings. The van der Waals surface area contributed by atoms with Crippen LogP contribution in [0.3, 0.4) is 0 Å². The fourth-order valence-corrected chi connectivity index (χ4v) is 1.41. The molecule has 0 atom stereocenters. The summed E-state index contributed by atoms with van der Waals surface area (Å²) in [5, 5.41) is 0. The molecule has 1 aromatic carbocycles. The van der Waals surface area contributed by atoms with Gasteiger partial charge in [-0.3, -0.25) is 0 Å². The molecule has 0 heterocycles. The number of rotatable bonds is 4. The van der Waals surface area contributed by atoms with Gasteiger partial charge in [0.05, 0.1) is 0 Å². The van der Waals surface area contributed by atoms with Crippen molar-refractivity contribution in [3.05, 3.63) is 29.3 Å². The normalized spacial score (nSPS) is 9.12. The van der Waals surface area contributed by atoms with Crippen LogP contribution >= 0.6 is 0 Å². The van der Waals surface area contributed by atoms with Gasteiger partial charge in [0.2, 0.25) is 0 Å². The van der Waals surface area contributed by atoms with Gasteiger partial charge in [0.25, 0.3) is 0 Å². The molecule has 0 unspecified atom stereocenters. The van der Waals surface area contributed by atoms with E-state index in [-0.39, 0.29) is 5.78 Å². The second-order valence-corrected chi connectivity index (χ2v) is 3.82. The van der Waals surface area contributed by atoms with Crippen LogP contribution in [0.25, 0.3) is 0 Å². The molecule has 2 N–H and O–H groups in total. The van der Waals surface area contributed by atoms with Gasteiger partial charge >= 0.3 is 0 Å². The van der Waals surface area contributed by atoms with Crippen molar-refractivity contribution in [3.8, 4) is 0 Å². The summed E-state index contributed by atoms with van der Waals surface area (Å²) in [6.07, 6.45) is 3.10. The van der Waals surface area contributed by atoms with Crippen LogP contribution in [0.4, 0.5) is 5.69 Å². The summed E-state index contributed by atoms with van der Waals surface area (Å²) in [7, 11) is 0. The summed E-state index contributed by atoms with van der Waals surface area (Å²) >= 11 is 0. The van der Waals surface area contributed by atoms with Gasteiger partial charge in [-0.05, 0) is 43.9 Å². The Hall–Kier alpha value is -1.64. The minimum absolute atomic E-state index is 0.214. The van der Waals surface area contributed by atoms with E-state index in [1.807, 2.05) is 12.1 Å². The predicted octanol–water partition coefficient (Wildman–Crippen LogP) is 2.56. The zero-order valence-corrected chi connectivity index (χ0v) is 10.8. The maximum atomic E-state index is 10.8. The number of carbonyl (C=O) groups excluding carboxylic acids is 2. The first-order valence-corrected chi connectivity index (χ1v) is 5.81. The van der Waals surface area contributed by atoms with Crippen LogP contribution < -0.4 is 5.73 Å². The van der Waals surface area contributed by atoms with E-state index in [9.17, 15) is 4.79 Å². The molecule has 0 aliphatic carbocycles. The van der Waals surface area contributed by atoms with Gasteiger partial charge in [-0.15, -0.1) is 0 Å². The van der Waals surface area contributed by atoms with Gasteiger partial charge in [-0.1, -0.05) is 19.1 Å². The molecular weight excluding hydrogens is 214 g/mol. The second kappa shape index (κ2) is 8.50. The number of carbonyl (C=O) groups is 2. The van der Waals surface area contributed by atoms with E-state index < -0.39 is 0 Å². The van der Waals surface area contributed by atoms with Gasteiger partial charge in [0.15, 0.2) is 0 Å². The van der Waals surface area contributed by atoms with Crippen molar-refractivity contribution in [1.29, 1.82) is 0 Å². The van der Waals surface area contributed by atoms with Gasteiger partial charge in [-0.25, -0.2) is 0 Å². The van der Waals surface area contributed by atoms with E-state index in [2.05, 4.69) is 13.0 Å². The SMILES string of the molecule is CC=O.CCc1ccc(N)c(CCC(C)=O)c1. The van der Waals surface area contributed by atoms with Crippen LogP contribution in [0.1, 0.15) is 38.3 Å². The van der Waals surface area contributed by atoms with E-state index >= 15 is 0 Å². The van der Waals surface area contributed by atoms with Crippen molar-refractivity contribution < 1.29 is 9.59 Å². The highest BCUT2D eigenvalue weighted by Gasteiger charge is 2.02. The van der Waals surface area contributed by atoms with Crippen LogP contribution in [-0.2, 0) is 22.4 Å². The second-order valence-electron chi connectivity index (χ2n) is 3.82. The topological polar surface area (TPSA) is 60.2 Å². The molecule has 0 spiro atoms. The molecule has 0 bridgehead atoms. The zero-order valence-electron chi connectivity index (χ0n) is 10.8. The van der Waals surface area contributed by atoms with Crippen molar-refractivity contribution in [3.63, 3.8) is 0 Å². The standard InChI is InChI=1S/C12H17NO.C2H4O/c1-3-10-5-7-12(13)11(8-10)6-4-9(2)14;1-2-3/h5,7-8H,3-4,6,13H2,1-2H3;2H,1H3. The summed E-state index contributed by atoms with van der Waals surface area (Å²) in [4.78, 5) is 19.6. The summed E-state index contributed by atoms with van der Waals surface area (Å²) in [6, 6.07) is 6.05. The molecule has 3 heteroatoms. The number of anilines is 1. The number of aryl methyl sites for hydroxylation is 2. The molecule has 0 aromatic heterocycles. The molecule has 0 amide bonds. The van der Waals surface area contributed by atoms with E-state index in [0.29, 0.717) is 6.42 Å². The molecule has 94 valence electrons. The summed E-state index contributed by atoms with van der Waals surface area (Å²) in [6.45, 7) is 5.17. The number of hydrogen-bond donors (Lipinski definition) is 1. The Morgan fingerprint density at radius 1 is 1.41 bits per heavy atom. The Bertz CT molecular complexity index is 372. The van der Waals surface area contributed by atoms with Crippen LogP contribution in [0.15, 0.2) is 18.2 Å². The number of ketones is 1. The first-order valence-electron chi connectivity index (χ1n) is 5.81. The van der Waals surface area contributed by atoms with Crippen molar-refractivity contribution in [1.82, 2.24) is 0 Å². The first kappa shape index (κ1) is 15.4. The highest BCUT2D eigenvalue weighted by atomic mass is 16.1. The number of aldehydes is 1. The molecule has 1 rings (SSSR count). The molecule has 0 saturated heterocycles. The number of hydrogen-bond acceptors (Lipinski definition) is 3. The van der Waals surface area contributed by atoms with Crippen molar-refractivity contribution >= 4 is 17.8 Å². The van der Waals surface area contributed by atoms with Gasteiger partial charge < -0.3 is 15.3 Å². The lowest BCUT2D eigenvalue weighted by Gasteiger charge is -2.06. The Kier molecular flexibility index (Phi) is 7.68. The predicted molar refractivity (Wildman–Crippen MR) is 71.0 cm³/mol. The maximum Gasteiger partial charge on any atom is 0.130 e. The Morgan fingerprint density at radius 2 is 2.00 bits per heavy atom. The molecule has 0 saturated carbocycles. The highest BCUT2D eigenvalue weighted by Crippen LogP contribution is 2.16. The van der Waals surface area contributed by atoms with Crippen LogP contribution in [0.2, 0.25) is 0 Å². The van der Waals surface area contributed by atoms with E-state index in [1.165, 1.54) is 12.5 Å². The summed E-state index contributed by atoms with van der Waals surface area (Å²) < 4.78 is 0. The Labute approximate surface area is 103 Å². The lowest BCUT2D eigenvalue weighted by Crippen LogP contribution is -1.99. The highest BCUT2D eigenvalue weighted by molar-refractivity contribution is 5.76. The van der Waals surface area contributed by atoms with Crippen molar-refractivity contribution in [2.24, 2.45) is 0 Å². The zero-order chi connectivity index (χ0) is 13.3. The molecular formula is C14H21NO2. The quantitative estimate of drug-likeness (QED) is 0.644. The molecule has 0 radical (unpaired) electrons. The van der Waals surface area contributed by atoms with Crippen molar-refractivity contribution in [2.45, 2.75) is 40.0 Å². The molecule has 0 aliphatic rings. The third kappa shape index (κ3) is 6.51. The van der Waals surface area contributed by atoms with Crippen LogP contribution in [-0.4, -0.2) is 12.1 Å². The van der Waals surface area contributed by atoms with Gasteiger partial charge in [0.1, 0.15) is 12.1 Å². The smallest absolute Gasteiger partial charge is 0.130 e. The fraction of sp³-hybridized carbons (Fsp3) is 0.429. The minimum Gasteiger partial charge on any atom is -0.399 e. The van der Waals surface area contributed by atoms with Gasteiger partial charge in [0, 0.05) is 12.1 Å². The van der Waals surface area contributed by atoms with Crippen LogP contribution in [0.5, 0.6) is 0 Å². The van der Waals surface area contributed by atoms with Gasteiger partial charge in [-0.2, -0.15) is 0 Å². The van der Waals surface area contributed by atoms with Crippen LogP contribution in [0, 0.1) is 0 Å². The summed E-state index contributed by atoms with van der Waals surface area (Å²) in [5.41, 5.74) is 8.99. The van der Waals surface area contributed by atoms with Crippen molar-refractivity contribution in [2.75, 3.05) is 5.73 Å². The molecule has 0 fully saturated rings. The molecule has 3 nitrogen and oxygen atoms in total. The minimum atomic E-state index is 0.214. The Morgan fingerprint density at radius 3 is 2.47 bits per heavy atom.